The maximum Gasteiger partial charge on any atom is 0.573 e. The Kier molecular flexibility index (Phi) is 4.00. The number of aliphatic hydroxyl groups excluding tert-OH is 1. The van der Waals surface area contributed by atoms with Gasteiger partial charge in [-0.25, -0.2) is 0 Å². The van der Waals surface area contributed by atoms with E-state index in [4.69, 9.17) is 5.11 Å². The maximum absolute atomic E-state index is 11.9. The van der Waals surface area contributed by atoms with Crippen LogP contribution in [-0.2, 0) is 6.42 Å². The number of aliphatic hydroxyl groups is 1. The minimum absolute atomic E-state index is 0.0935. The van der Waals surface area contributed by atoms with Crippen molar-refractivity contribution in [2.24, 2.45) is 0 Å². The number of phenolic OH excluding ortho intramolecular Hbond substituents is 1. The maximum atomic E-state index is 11.9. The van der Waals surface area contributed by atoms with E-state index >= 15 is 0 Å². The second-order valence-corrected chi connectivity index (χ2v) is 3.17. The van der Waals surface area contributed by atoms with Crippen molar-refractivity contribution >= 4 is 0 Å². The third-order valence-electron chi connectivity index (χ3n) is 1.89. The highest BCUT2D eigenvalue weighted by molar-refractivity contribution is 5.39. The molecule has 0 aliphatic rings. The SMILES string of the molecule is OCCCc1cc(OC(F)(F)F)ccc1O. The molecule has 1 aromatic rings. The van der Waals surface area contributed by atoms with Gasteiger partial charge < -0.3 is 14.9 Å². The highest BCUT2D eigenvalue weighted by Gasteiger charge is 2.31. The van der Waals surface area contributed by atoms with Gasteiger partial charge in [0.2, 0.25) is 0 Å². The molecule has 0 atom stereocenters. The van der Waals surface area contributed by atoms with Crippen LogP contribution in [0.5, 0.6) is 11.5 Å². The zero-order valence-electron chi connectivity index (χ0n) is 8.29. The van der Waals surface area contributed by atoms with Crippen LogP contribution in [0.4, 0.5) is 13.2 Å². The van der Waals surface area contributed by atoms with Gasteiger partial charge in [-0.05, 0) is 36.6 Å². The van der Waals surface area contributed by atoms with Crippen LogP contribution in [0.3, 0.4) is 0 Å². The summed E-state index contributed by atoms with van der Waals surface area (Å²) in [6.45, 7) is -0.0935. The van der Waals surface area contributed by atoms with Gasteiger partial charge >= 0.3 is 6.36 Å². The van der Waals surface area contributed by atoms with Gasteiger partial charge in [0.15, 0.2) is 0 Å². The molecule has 6 heteroatoms. The lowest BCUT2D eigenvalue weighted by Crippen LogP contribution is -2.17. The molecule has 0 amide bonds. The Bertz CT molecular complexity index is 350. The Balaban J connectivity index is 2.81. The van der Waals surface area contributed by atoms with Gasteiger partial charge in [-0.15, -0.1) is 13.2 Å². The third kappa shape index (κ3) is 3.98. The normalized spacial score (nSPS) is 11.5. The molecule has 0 saturated heterocycles. The zero-order chi connectivity index (χ0) is 12.2. The number of hydrogen-bond donors (Lipinski definition) is 2. The van der Waals surface area contributed by atoms with Gasteiger partial charge in [0, 0.05) is 6.61 Å². The summed E-state index contributed by atoms with van der Waals surface area (Å²) >= 11 is 0. The van der Waals surface area contributed by atoms with E-state index in [1.54, 1.807) is 0 Å². The van der Waals surface area contributed by atoms with E-state index in [0.29, 0.717) is 12.0 Å². The fourth-order valence-corrected chi connectivity index (χ4v) is 1.23. The molecule has 90 valence electrons. The van der Waals surface area contributed by atoms with Crippen LogP contribution >= 0.6 is 0 Å². The van der Waals surface area contributed by atoms with E-state index in [1.807, 2.05) is 0 Å². The summed E-state index contributed by atoms with van der Waals surface area (Å²) in [6.07, 6.45) is -4.09. The molecule has 0 radical (unpaired) electrons. The molecule has 1 aromatic carbocycles. The summed E-state index contributed by atoms with van der Waals surface area (Å²) in [6, 6.07) is 3.28. The first-order chi connectivity index (χ1) is 7.42. The Hall–Kier alpha value is -1.43. The number of hydrogen-bond acceptors (Lipinski definition) is 3. The molecule has 0 aromatic heterocycles. The number of phenols is 1. The van der Waals surface area contributed by atoms with Crippen molar-refractivity contribution in [3.63, 3.8) is 0 Å². The molecule has 3 nitrogen and oxygen atoms in total. The summed E-state index contributed by atoms with van der Waals surface area (Å²) in [4.78, 5) is 0. The van der Waals surface area contributed by atoms with Gasteiger partial charge in [-0.2, -0.15) is 0 Å². The molecule has 0 aliphatic carbocycles. The summed E-state index contributed by atoms with van der Waals surface area (Å²) in [5, 5.41) is 17.9. The smallest absolute Gasteiger partial charge is 0.508 e. The number of ether oxygens (including phenoxy) is 1. The predicted molar refractivity (Wildman–Crippen MR) is 50.2 cm³/mol. The first-order valence-electron chi connectivity index (χ1n) is 4.61. The zero-order valence-corrected chi connectivity index (χ0v) is 8.29. The Labute approximate surface area is 90.1 Å². The predicted octanol–water partition coefficient (Wildman–Crippen LogP) is 2.22. The Morgan fingerprint density at radius 1 is 1.25 bits per heavy atom. The summed E-state index contributed by atoms with van der Waals surface area (Å²) in [5.41, 5.74) is 0.316. The van der Waals surface area contributed by atoms with Crippen LogP contribution in [0.2, 0.25) is 0 Å². The molecule has 1 rings (SSSR count). The third-order valence-corrected chi connectivity index (χ3v) is 1.89. The van der Waals surface area contributed by atoms with Gasteiger partial charge in [-0.1, -0.05) is 0 Å². The first kappa shape index (κ1) is 12.6. The minimum atomic E-state index is -4.74. The van der Waals surface area contributed by atoms with Crippen LogP contribution in [0, 0.1) is 0 Å². The standard InChI is InChI=1S/C10H11F3O3/c11-10(12,13)16-8-3-4-9(15)7(6-8)2-1-5-14/h3-4,6,14-15H,1-2,5H2. The summed E-state index contributed by atoms with van der Waals surface area (Å²) in [5.74, 6) is -0.485. The second-order valence-electron chi connectivity index (χ2n) is 3.17. The van der Waals surface area contributed by atoms with Crippen LogP contribution in [0.25, 0.3) is 0 Å². The van der Waals surface area contributed by atoms with E-state index in [2.05, 4.69) is 4.74 Å². The molecule has 0 fully saturated rings. The molecule has 0 heterocycles. The fraction of sp³-hybridized carbons (Fsp3) is 0.400. The number of rotatable bonds is 4. The van der Waals surface area contributed by atoms with Crippen molar-refractivity contribution in [1.82, 2.24) is 0 Å². The van der Waals surface area contributed by atoms with Crippen molar-refractivity contribution in [2.75, 3.05) is 6.61 Å². The molecule has 16 heavy (non-hydrogen) atoms. The van der Waals surface area contributed by atoms with Crippen molar-refractivity contribution in [3.05, 3.63) is 23.8 Å². The molecular weight excluding hydrogens is 225 g/mol. The molecule has 0 bridgehead atoms. The van der Waals surface area contributed by atoms with Crippen LogP contribution in [0.15, 0.2) is 18.2 Å². The molecule has 0 spiro atoms. The molecule has 0 saturated carbocycles. The van der Waals surface area contributed by atoms with Gasteiger partial charge in [0.05, 0.1) is 0 Å². The topological polar surface area (TPSA) is 49.7 Å². The van der Waals surface area contributed by atoms with E-state index in [0.717, 1.165) is 18.2 Å². The van der Waals surface area contributed by atoms with Crippen molar-refractivity contribution < 1.29 is 28.1 Å². The van der Waals surface area contributed by atoms with Crippen LogP contribution in [0.1, 0.15) is 12.0 Å². The van der Waals surface area contributed by atoms with Crippen molar-refractivity contribution in [2.45, 2.75) is 19.2 Å². The largest absolute Gasteiger partial charge is 0.573 e. The first-order valence-corrected chi connectivity index (χ1v) is 4.61. The van der Waals surface area contributed by atoms with Crippen LogP contribution in [-0.4, -0.2) is 23.2 Å². The lowest BCUT2D eigenvalue weighted by molar-refractivity contribution is -0.274. The molecule has 0 unspecified atom stereocenters. The molecule has 2 N–H and O–H groups in total. The highest BCUT2D eigenvalue weighted by Crippen LogP contribution is 2.28. The average molecular weight is 236 g/mol. The monoisotopic (exact) mass is 236 g/mol. The molecule has 0 aliphatic heterocycles. The number of alkyl halides is 3. The van der Waals surface area contributed by atoms with E-state index in [1.165, 1.54) is 0 Å². The average Bonchev–Trinajstić information content (AvgIpc) is 2.17. The number of aryl methyl sites for hydroxylation is 1. The van der Waals surface area contributed by atoms with Crippen LogP contribution < -0.4 is 4.74 Å². The van der Waals surface area contributed by atoms with E-state index in [9.17, 15) is 18.3 Å². The van der Waals surface area contributed by atoms with E-state index < -0.39 is 6.36 Å². The summed E-state index contributed by atoms with van der Waals surface area (Å²) < 4.78 is 39.4. The quantitative estimate of drug-likeness (QED) is 0.842. The number of benzene rings is 1. The number of halogens is 3. The van der Waals surface area contributed by atoms with Crippen molar-refractivity contribution in [1.29, 1.82) is 0 Å². The highest BCUT2D eigenvalue weighted by atomic mass is 19.4. The summed E-state index contributed by atoms with van der Waals surface area (Å²) in [7, 11) is 0. The second kappa shape index (κ2) is 5.07. The van der Waals surface area contributed by atoms with Gasteiger partial charge in [0.1, 0.15) is 11.5 Å². The molecular formula is C10H11F3O3. The van der Waals surface area contributed by atoms with E-state index in [-0.39, 0.29) is 24.5 Å². The fourth-order valence-electron chi connectivity index (χ4n) is 1.23. The van der Waals surface area contributed by atoms with Crippen molar-refractivity contribution in [3.8, 4) is 11.5 Å². The van der Waals surface area contributed by atoms with Gasteiger partial charge in [-0.3, -0.25) is 0 Å². The lowest BCUT2D eigenvalue weighted by Gasteiger charge is -2.11. The van der Waals surface area contributed by atoms with Gasteiger partial charge in [0.25, 0.3) is 0 Å². The minimum Gasteiger partial charge on any atom is -0.508 e. The Morgan fingerprint density at radius 3 is 2.50 bits per heavy atom. The number of aromatic hydroxyl groups is 1. The Morgan fingerprint density at radius 2 is 1.94 bits per heavy atom. The lowest BCUT2D eigenvalue weighted by atomic mass is 10.1.